The van der Waals surface area contributed by atoms with E-state index in [2.05, 4.69) is 4.90 Å². The Balaban J connectivity index is 1.98. The smallest absolute Gasteiger partial charge is 0.271 e. The molecule has 2 unspecified atom stereocenters. The number of piperidine rings is 1. The molecule has 2 fully saturated rings. The third-order valence-electron chi connectivity index (χ3n) is 4.45. The largest absolute Gasteiger partial charge is 0.365 e. The summed E-state index contributed by atoms with van der Waals surface area (Å²) in [4.78, 5) is 13.0. The molecular weight excluding hydrogens is 242 g/mol. The number of rotatable bonds is 2. The van der Waals surface area contributed by atoms with Gasteiger partial charge in [0.15, 0.2) is 0 Å². The fourth-order valence-electron chi connectivity index (χ4n) is 3.60. The Bertz CT molecular complexity index is 503. The third kappa shape index (κ3) is 2.08. The van der Waals surface area contributed by atoms with Gasteiger partial charge in [-0.05, 0) is 38.2 Å². The zero-order valence-electron chi connectivity index (χ0n) is 11.1. The summed E-state index contributed by atoms with van der Waals surface area (Å²) in [5, 5.41) is 10.9. The summed E-state index contributed by atoms with van der Waals surface area (Å²) in [7, 11) is 0. The number of fused-ring (bicyclic) bond motifs is 2. The maximum absolute atomic E-state index is 10.9. The summed E-state index contributed by atoms with van der Waals surface area (Å²) >= 11 is 0. The lowest BCUT2D eigenvalue weighted by molar-refractivity contribution is -0.384. The van der Waals surface area contributed by atoms with Gasteiger partial charge in [-0.2, -0.15) is 0 Å². The van der Waals surface area contributed by atoms with E-state index in [1.165, 1.54) is 0 Å². The lowest BCUT2D eigenvalue weighted by Crippen LogP contribution is -2.47. The van der Waals surface area contributed by atoms with E-state index in [-0.39, 0.29) is 16.7 Å². The number of benzene rings is 1. The van der Waals surface area contributed by atoms with Crippen molar-refractivity contribution in [3.63, 3.8) is 0 Å². The number of nitro groups is 1. The molecule has 2 aliphatic heterocycles. The minimum atomic E-state index is -0.319. The summed E-state index contributed by atoms with van der Waals surface area (Å²) < 4.78 is 0. The SMILES string of the molecule is Cc1ccc([N+](=O)[O-])cc1N1C2CCC1CC(N)C2. The van der Waals surface area contributed by atoms with Crippen molar-refractivity contribution in [2.75, 3.05) is 4.90 Å². The molecule has 2 heterocycles. The number of hydrogen-bond acceptors (Lipinski definition) is 4. The summed E-state index contributed by atoms with van der Waals surface area (Å²) in [6.07, 6.45) is 4.30. The molecule has 2 aliphatic rings. The third-order valence-corrected chi connectivity index (χ3v) is 4.45. The van der Waals surface area contributed by atoms with E-state index in [4.69, 9.17) is 5.73 Å². The number of aryl methyl sites for hydroxylation is 1. The van der Waals surface area contributed by atoms with Crippen molar-refractivity contribution in [2.24, 2.45) is 5.73 Å². The molecule has 0 aliphatic carbocycles. The van der Waals surface area contributed by atoms with Gasteiger partial charge in [-0.25, -0.2) is 0 Å². The summed E-state index contributed by atoms with van der Waals surface area (Å²) in [6, 6.07) is 6.34. The molecule has 0 spiro atoms. The first-order valence-corrected chi connectivity index (χ1v) is 6.85. The second-order valence-corrected chi connectivity index (χ2v) is 5.75. The highest BCUT2D eigenvalue weighted by Crippen LogP contribution is 2.41. The summed E-state index contributed by atoms with van der Waals surface area (Å²) in [5.41, 5.74) is 8.38. The monoisotopic (exact) mass is 261 g/mol. The highest BCUT2D eigenvalue weighted by Gasteiger charge is 2.40. The van der Waals surface area contributed by atoms with Crippen LogP contribution in [0.5, 0.6) is 0 Å². The Hall–Kier alpha value is -1.62. The molecule has 0 saturated carbocycles. The lowest BCUT2D eigenvalue weighted by Gasteiger charge is -2.40. The molecule has 5 heteroatoms. The number of nitrogens with two attached hydrogens (primary N) is 1. The second kappa shape index (κ2) is 4.49. The Morgan fingerprint density at radius 1 is 1.32 bits per heavy atom. The minimum absolute atomic E-state index is 0.176. The van der Waals surface area contributed by atoms with Crippen LogP contribution in [0.1, 0.15) is 31.2 Å². The van der Waals surface area contributed by atoms with Gasteiger partial charge < -0.3 is 10.6 Å². The fraction of sp³-hybridized carbons (Fsp3) is 0.571. The van der Waals surface area contributed by atoms with Crippen LogP contribution in [0.2, 0.25) is 0 Å². The van der Waals surface area contributed by atoms with Crippen LogP contribution in [0, 0.1) is 17.0 Å². The van der Waals surface area contributed by atoms with Crippen molar-refractivity contribution < 1.29 is 4.92 Å². The molecular formula is C14H19N3O2. The predicted molar refractivity (Wildman–Crippen MR) is 74.3 cm³/mol. The molecule has 1 aromatic rings. The molecule has 0 amide bonds. The van der Waals surface area contributed by atoms with Gasteiger partial charge in [-0.15, -0.1) is 0 Å². The van der Waals surface area contributed by atoms with Crippen LogP contribution in [0.4, 0.5) is 11.4 Å². The minimum Gasteiger partial charge on any atom is -0.365 e. The molecule has 2 bridgehead atoms. The van der Waals surface area contributed by atoms with Gasteiger partial charge >= 0.3 is 0 Å². The van der Waals surface area contributed by atoms with Crippen LogP contribution in [0.3, 0.4) is 0 Å². The number of anilines is 1. The Morgan fingerprint density at radius 3 is 2.53 bits per heavy atom. The molecule has 0 radical (unpaired) electrons. The zero-order chi connectivity index (χ0) is 13.6. The molecule has 19 heavy (non-hydrogen) atoms. The molecule has 0 aromatic heterocycles. The fourth-order valence-corrected chi connectivity index (χ4v) is 3.60. The van der Waals surface area contributed by atoms with Crippen LogP contribution in [0.25, 0.3) is 0 Å². The maximum atomic E-state index is 10.9. The standard InChI is InChI=1S/C14H19N3O2/c1-9-2-3-13(17(18)19)8-14(9)16-11-4-5-12(16)7-10(15)6-11/h2-3,8,10-12H,4-7,15H2,1H3. The van der Waals surface area contributed by atoms with E-state index in [9.17, 15) is 10.1 Å². The van der Waals surface area contributed by atoms with Crippen molar-refractivity contribution >= 4 is 11.4 Å². The molecule has 1 aromatic carbocycles. The van der Waals surface area contributed by atoms with Gasteiger partial charge in [-0.3, -0.25) is 10.1 Å². The predicted octanol–water partition coefficient (Wildman–Crippen LogP) is 2.36. The van der Waals surface area contributed by atoms with Crippen molar-refractivity contribution in [1.82, 2.24) is 0 Å². The van der Waals surface area contributed by atoms with Crippen LogP contribution in [0.15, 0.2) is 18.2 Å². The number of non-ortho nitro benzene ring substituents is 1. The first-order valence-electron chi connectivity index (χ1n) is 6.85. The van der Waals surface area contributed by atoms with Gasteiger partial charge in [-0.1, -0.05) is 6.07 Å². The van der Waals surface area contributed by atoms with Gasteiger partial charge in [0.05, 0.1) is 4.92 Å². The topological polar surface area (TPSA) is 72.4 Å². The van der Waals surface area contributed by atoms with Crippen molar-refractivity contribution in [3.8, 4) is 0 Å². The second-order valence-electron chi connectivity index (χ2n) is 5.75. The Labute approximate surface area is 112 Å². The molecule has 3 rings (SSSR count). The normalized spacial score (nSPS) is 29.6. The van der Waals surface area contributed by atoms with Crippen molar-refractivity contribution in [2.45, 2.75) is 50.7 Å². The average molecular weight is 261 g/mol. The van der Waals surface area contributed by atoms with Crippen LogP contribution >= 0.6 is 0 Å². The molecule has 2 atom stereocenters. The lowest BCUT2D eigenvalue weighted by atomic mass is 9.96. The molecule has 5 nitrogen and oxygen atoms in total. The average Bonchev–Trinajstić information content (AvgIpc) is 2.62. The van der Waals surface area contributed by atoms with Crippen LogP contribution < -0.4 is 10.6 Å². The van der Waals surface area contributed by atoms with Crippen molar-refractivity contribution in [3.05, 3.63) is 33.9 Å². The molecule has 2 saturated heterocycles. The molecule has 2 N–H and O–H groups in total. The van der Waals surface area contributed by atoms with E-state index in [1.807, 2.05) is 13.0 Å². The van der Waals surface area contributed by atoms with E-state index >= 15 is 0 Å². The van der Waals surface area contributed by atoms with Gasteiger partial charge in [0.2, 0.25) is 0 Å². The zero-order valence-corrected chi connectivity index (χ0v) is 11.1. The van der Waals surface area contributed by atoms with E-state index in [1.54, 1.807) is 12.1 Å². The summed E-state index contributed by atoms with van der Waals surface area (Å²) in [5.74, 6) is 0. The summed E-state index contributed by atoms with van der Waals surface area (Å²) in [6.45, 7) is 2.02. The highest BCUT2D eigenvalue weighted by atomic mass is 16.6. The van der Waals surface area contributed by atoms with Crippen LogP contribution in [-0.4, -0.2) is 23.0 Å². The number of nitro benzene ring substituents is 1. The van der Waals surface area contributed by atoms with E-state index < -0.39 is 0 Å². The highest BCUT2D eigenvalue weighted by molar-refractivity contribution is 5.61. The Kier molecular flexibility index (Phi) is 2.93. The Morgan fingerprint density at radius 2 is 1.95 bits per heavy atom. The van der Waals surface area contributed by atoms with Crippen LogP contribution in [-0.2, 0) is 0 Å². The number of hydrogen-bond donors (Lipinski definition) is 1. The first-order chi connectivity index (χ1) is 9.06. The van der Waals surface area contributed by atoms with Crippen molar-refractivity contribution in [1.29, 1.82) is 0 Å². The van der Waals surface area contributed by atoms with Gasteiger partial charge in [0.1, 0.15) is 0 Å². The number of nitrogens with zero attached hydrogens (tertiary/aromatic N) is 2. The van der Waals surface area contributed by atoms with E-state index in [0.29, 0.717) is 12.1 Å². The molecule has 102 valence electrons. The van der Waals surface area contributed by atoms with E-state index in [0.717, 1.165) is 36.9 Å². The quantitative estimate of drug-likeness (QED) is 0.655. The first kappa shape index (κ1) is 12.4. The van der Waals surface area contributed by atoms with Gasteiger partial charge in [0.25, 0.3) is 5.69 Å². The maximum Gasteiger partial charge on any atom is 0.271 e. The van der Waals surface area contributed by atoms with Gasteiger partial charge in [0, 0.05) is 35.9 Å².